The van der Waals surface area contributed by atoms with Gasteiger partial charge in [0, 0.05) is 43.1 Å². The van der Waals surface area contributed by atoms with Gasteiger partial charge in [-0.2, -0.15) is 10.1 Å². The molecular weight excluding hydrogens is 416 g/mol. The molecule has 4 N–H and O–H groups in total. The molecule has 168 valence electrons. The van der Waals surface area contributed by atoms with Crippen LogP contribution < -0.4 is 16.4 Å². The van der Waals surface area contributed by atoms with Crippen molar-refractivity contribution in [2.45, 2.75) is 45.2 Å². The lowest BCUT2D eigenvalue weighted by Crippen LogP contribution is -2.16. The third kappa shape index (κ3) is 4.21. The molecule has 0 saturated carbocycles. The Bertz CT molecular complexity index is 1300. The average molecular weight is 443 g/mol. The number of nitrogens with two attached hydrogens (primary N) is 1. The lowest BCUT2D eigenvalue weighted by atomic mass is 9.95. The van der Waals surface area contributed by atoms with E-state index in [9.17, 15) is 4.79 Å². The summed E-state index contributed by atoms with van der Waals surface area (Å²) in [6, 6.07) is 9.31. The number of nitrogens with zero attached hydrogens (tertiary/aromatic N) is 5. The topological polar surface area (TPSA) is 124 Å². The minimum absolute atomic E-state index is 0.130. The average Bonchev–Trinajstić information content (AvgIpc) is 3.37. The number of fused-ring (bicyclic) bond motifs is 2. The van der Waals surface area contributed by atoms with Crippen molar-refractivity contribution in [3.63, 3.8) is 0 Å². The fourth-order valence-electron chi connectivity index (χ4n) is 4.14. The Balaban J connectivity index is 1.56. The summed E-state index contributed by atoms with van der Waals surface area (Å²) in [6.45, 7) is 3.50. The predicted molar refractivity (Wildman–Crippen MR) is 128 cm³/mol. The molecule has 0 bridgehead atoms. The fraction of sp³-hybridized carbons (Fsp3) is 0.292. The number of pyridine rings is 1. The summed E-state index contributed by atoms with van der Waals surface area (Å²) in [6.07, 6.45) is 8.73. The molecule has 0 fully saturated rings. The number of nitrogens with one attached hydrogen (secondary N) is 2. The van der Waals surface area contributed by atoms with Crippen molar-refractivity contribution in [3.05, 3.63) is 65.7 Å². The Kier molecular flexibility index (Phi) is 5.60. The molecule has 9 nitrogen and oxygen atoms in total. The van der Waals surface area contributed by atoms with Crippen LogP contribution in [0, 0.1) is 0 Å². The maximum absolute atomic E-state index is 13.0. The van der Waals surface area contributed by atoms with Crippen molar-refractivity contribution < 1.29 is 4.79 Å². The zero-order valence-electron chi connectivity index (χ0n) is 18.5. The van der Waals surface area contributed by atoms with E-state index in [4.69, 9.17) is 10.7 Å². The van der Waals surface area contributed by atoms with Gasteiger partial charge in [-0.3, -0.25) is 14.5 Å². The number of carbonyl (C=O) groups is 1. The quantitative estimate of drug-likeness (QED) is 0.281. The third-order valence-electron chi connectivity index (χ3n) is 5.83. The molecule has 4 aromatic rings. The molecule has 9 heteroatoms. The number of benzene rings is 1. The maximum Gasteiger partial charge on any atom is 0.238 e. The van der Waals surface area contributed by atoms with Gasteiger partial charge in [0.2, 0.25) is 11.9 Å². The highest BCUT2D eigenvalue weighted by Gasteiger charge is 2.35. The van der Waals surface area contributed by atoms with E-state index >= 15 is 0 Å². The molecule has 1 unspecified atom stereocenters. The van der Waals surface area contributed by atoms with Crippen LogP contribution in [0.15, 0.2) is 48.9 Å². The highest BCUT2D eigenvalue weighted by Crippen LogP contribution is 2.40. The second kappa shape index (κ2) is 8.85. The zero-order valence-corrected chi connectivity index (χ0v) is 18.5. The monoisotopic (exact) mass is 442 g/mol. The molecule has 0 spiro atoms. The van der Waals surface area contributed by atoms with E-state index in [1.807, 2.05) is 35.1 Å². The summed E-state index contributed by atoms with van der Waals surface area (Å²) in [5.41, 5.74) is 10.5. The first-order chi connectivity index (χ1) is 16.1. The van der Waals surface area contributed by atoms with E-state index in [1.165, 1.54) is 0 Å². The lowest BCUT2D eigenvalue weighted by Gasteiger charge is -2.12. The van der Waals surface area contributed by atoms with Gasteiger partial charge in [0.25, 0.3) is 0 Å². The van der Waals surface area contributed by atoms with Crippen LogP contribution in [-0.2, 0) is 17.9 Å². The summed E-state index contributed by atoms with van der Waals surface area (Å²) < 4.78 is 1.90. The largest absolute Gasteiger partial charge is 0.399 e. The van der Waals surface area contributed by atoms with Gasteiger partial charge in [-0.05, 0) is 47.9 Å². The van der Waals surface area contributed by atoms with Crippen LogP contribution in [0.4, 0.5) is 17.3 Å². The van der Waals surface area contributed by atoms with Crippen molar-refractivity contribution in [1.29, 1.82) is 0 Å². The van der Waals surface area contributed by atoms with Crippen LogP contribution >= 0.6 is 0 Å². The molecule has 1 aliphatic rings. The number of aromatic nitrogens is 5. The normalized spacial score (nSPS) is 14.9. The van der Waals surface area contributed by atoms with Gasteiger partial charge >= 0.3 is 0 Å². The first kappa shape index (κ1) is 20.9. The van der Waals surface area contributed by atoms with Crippen molar-refractivity contribution in [2.75, 3.05) is 16.4 Å². The molecule has 1 aliphatic heterocycles. The second-order valence-electron chi connectivity index (χ2n) is 8.25. The maximum atomic E-state index is 13.0. The molecule has 1 atom stereocenters. The Labute approximate surface area is 191 Å². The molecule has 1 amide bonds. The molecule has 1 aromatic carbocycles. The Morgan fingerprint density at radius 1 is 1.15 bits per heavy atom. The second-order valence-corrected chi connectivity index (χ2v) is 8.25. The molecule has 33 heavy (non-hydrogen) atoms. The Hall–Kier alpha value is -4.01. The van der Waals surface area contributed by atoms with Gasteiger partial charge in [0.1, 0.15) is 5.92 Å². The van der Waals surface area contributed by atoms with Gasteiger partial charge in [0.15, 0.2) is 5.65 Å². The molecule has 0 saturated heterocycles. The minimum Gasteiger partial charge on any atom is -0.399 e. The van der Waals surface area contributed by atoms with Crippen molar-refractivity contribution in [3.8, 4) is 0 Å². The molecular formula is C24H26N8O. The fourth-order valence-corrected chi connectivity index (χ4v) is 4.14. The van der Waals surface area contributed by atoms with Gasteiger partial charge in [0.05, 0.1) is 11.1 Å². The van der Waals surface area contributed by atoms with Gasteiger partial charge in [-0.15, -0.1) is 0 Å². The highest BCUT2D eigenvalue weighted by atomic mass is 16.2. The van der Waals surface area contributed by atoms with E-state index in [-0.39, 0.29) is 5.91 Å². The summed E-state index contributed by atoms with van der Waals surface area (Å²) >= 11 is 0. The molecule has 0 aliphatic carbocycles. The number of anilines is 3. The van der Waals surface area contributed by atoms with Crippen LogP contribution in [0.1, 0.15) is 48.9 Å². The number of aryl methyl sites for hydroxylation is 1. The number of hydrogen-bond donors (Lipinski definition) is 3. The zero-order chi connectivity index (χ0) is 22.8. The molecule has 5 rings (SSSR count). The van der Waals surface area contributed by atoms with E-state index in [0.29, 0.717) is 29.5 Å². The number of nitrogen functional groups attached to an aromatic ring is 1. The smallest absolute Gasteiger partial charge is 0.238 e. The van der Waals surface area contributed by atoms with E-state index in [1.54, 1.807) is 18.5 Å². The van der Waals surface area contributed by atoms with Crippen molar-refractivity contribution >= 4 is 34.3 Å². The lowest BCUT2D eigenvalue weighted by molar-refractivity contribution is -0.116. The number of carbonyl (C=O) groups excluding carboxylic acids is 1. The van der Waals surface area contributed by atoms with Gasteiger partial charge < -0.3 is 16.4 Å². The molecule has 3 aromatic heterocycles. The Morgan fingerprint density at radius 3 is 2.82 bits per heavy atom. The van der Waals surface area contributed by atoms with E-state index < -0.39 is 5.92 Å². The van der Waals surface area contributed by atoms with Crippen LogP contribution in [0.3, 0.4) is 0 Å². The SMILES string of the molecule is CCCCCn1cc2c(C3C(=O)Nc4ccc(N)cc43)nc(NCc3ccncc3)nc2n1. The van der Waals surface area contributed by atoms with Gasteiger partial charge in [-0.25, -0.2) is 4.98 Å². The van der Waals surface area contributed by atoms with Crippen LogP contribution in [0.5, 0.6) is 0 Å². The predicted octanol–water partition coefficient (Wildman–Crippen LogP) is 3.69. The van der Waals surface area contributed by atoms with E-state index in [0.717, 1.165) is 48.0 Å². The first-order valence-corrected chi connectivity index (χ1v) is 11.2. The van der Waals surface area contributed by atoms with Crippen molar-refractivity contribution in [2.24, 2.45) is 0 Å². The summed E-state index contributed by atoms with van der Waals surface area (Å²) in [7, 11) is 0. The number of unbranched alkanes of at least 4 members (excludes halogenated alkanes) is 2. The summed E-state index contributed by atoms with van der Waals surface area (Å²) in [5.74, 6) is -0.281. The van der Waals surface area contributed by atoms with Crippen LogP contribution in [0.25, 0.3) is 11.0 Å². The highest BCUT2D eigenvalue weighted by molar-refractivity contribution is 6.07. The Morgan fingerprint density at radius 2 is 2.00 bits per heavy atom. The van der Waals surface area contributed by atoms with E-state index in [2.05, 4.69) is 32.6 Å². The van der Waals surface area contributed by atoms with Crippen LogP contribution in [0.2, 0.25) is 0 Å². The van der Waals surface area contributed by atoms with Crippen molar-refractivity contribution in [1.82, 2.24) is 24.7 Å². The molecule has 0 radical (unpaired) electrons. The minimum atomic E-state index is -0.580. The van der Waals surface area contributed by atoms with Gasteiger partial charge in [-0.1, -0.05) is 19.8 Å². The number of rotatable bonds is 8. The standard InChI is InChI=1S/C24H26N8O/c1-2-3-4-11-32-14-18-21(20-17-12-16(25)5-6-19(17)28-23(20)33)29-24(30-22(18)31-32)27-13-15-7-9-26-10-8-15/h5-10,12,14,20H,2-4,11,13,25H2,1H3,(H,28,33)(H,27,30,31). The number of hydrogen-bond acceptors (Lipinski definition) is 7. The number of amides is 1. The third-order valence-corrected chi connectivity index (χ3v) is 5.83. The molecule has 4 heterocycles. The first-order valence-electron chi connectivity index (χ1n) is 11.2. The summed E-state index contributed by atoms with van der Waals surface area (Å²) in [4.78, 5) is 26.5. The van der Waals surface area contributed by atoms with Crippen LogP contribution in [-0.4, -0.2) is 30.6 Å². The summed E-state index contributed by atoms with van der Waals surface area (Å²) in [5, 5.41) is 11.7.